The molecule has 7 heteroatoms. The molecule has 1 heterocycles. The highest BCUT2D eigenvalue weighted by molar-refractivity contribution is 8.27. The highest BCUT2D eigenvalue weighted by Gasteiger charge is 2.33. The van der Waals surface area contributed by atoms with Crippen LogP contribution < -0.4 is 14.4 Å². The molecule has 33 heavy (non-hydrogen) atoms. The molecule has 4 nitrogen and oxygen atoms in total. The number of aryl methyl sites for hydroxylation is 2. The van der Waals surface area contributed by atoms with Crippen molar-refractivity contribution in [3.8, 4) is 11.5 Å². The molecule has 3 aromatic rings. The van der Waals surface area contributed by atoms with Gasteiger partial charge in [-0.15, -0.1) is 0 Å². The molecule has 0 atom stereocenters. The van der Waals surface area contributed by atoms with Crippen molar-refractivity contribution in [2.24, 2.45) is 0 Å². The normalized spacial score (nSPS) is 14.8. The van der Waals surface area contributed by atoms with Crippen molar-refractivity contribution in [3.63, 3.8) is 0 Å². The standard InChI is InChI=1S/C26H22ClNO3S2/c1-16-9-10-20(11-17(16)2)28-25(29)23(33-26(28)32)14-19-12-21(27)24(22(13-19)30-3)31-15-18-7-5-4-6-8-18/h4-14H,15H2,1-3H3. The van der Waals surface area contributed by atoms with Gasteiger partial charge in [-0.2, -0.15) is 0 Å². The lowest BCUT2D eigenvalue weighted by molar-refractivity contribution is -0.113. The van der Waals surface area contributed by atoms with Crippen molar-refractivity contribution in [3.05, 3.63) is 92.8 Å². The quantitative estimate of drug-likeness (QED) is 0.273. The first-order chi connectivity index (χ1) is 15.9. The van der Waals surface area contributed by atoms with Gasteiger partial charge in [-0.05, 0) is 66.4 Å². The summed E-state index contributed by atoms with van der Waals surface area (Å²) in [6.45, 7) is 4.42. The van der Waals surface area contributed by atoms with Crippen LogP contribution in [0.25, 0.3) is 6.08 Å². The summed E-state index contributed by atoms with van der Waals surface area (Å²) in [5.41, 5.74) is 4.78. The third-order valence-corrected chi connectivity index (χ3v) is 6.90. The van der Waals surface area contributed by atoms with E-state index >= 15 is 0 Å². The monoisotopic (exact) mass is 495 g/mol. The number of nitrogens with zero attached hydrogens (tertiary/aromatic N) is 1. The second-order valence-corrected chi connectivity index (χ2v) is 9.68. The van der Waals surface area contributed by atoms with Crippen LogP contribution in [0, 0.1) is 13.8 Å². The second kappa shape index (κ2) is 10.00. The van der Waals surface area contributed by atoms with Gasteiger partial charge >= 0.3 is 0 Å². The fourth-order valence-electron chi connectivity index (χ4n) is 3.40. The SMILES string of the molecule is COc1cc(C=C2SC(=S)N(c3ccc(C)c(C)c3)C2=O)cc(Cl)c1OCc1ccccc1. The first-order valence-corrected chi connectivity index (χ1v) is 11.9. The van der Waals surface area contributed by atoms with E-state index in [-0.39, 0.29) is 5.91 Å². The zero-order chi connectivity index (χ0) is 23.5. The average molecular weight is 496 g/mol. The lowest BCUT2D eigenvalue weighted by atomic mass is 10.1. The average Bonchev–Trinajstić information content (AvgIpc) is 3.08. The number of carbonyl (C=O) groups is 1. The first-order valence-electron chi connectivity index (χ1n) is 10.3. The van der Waals surface area contributed by atoms with E-state index in [0.717, 1.165) is 27.9 Å². The van der Waals surface area contributed by atoms with Crippen molar-refractivity contribution in [2.45, 2.75) is 20.5 Å². The molecular formula is C26H22ClNO3S2. The van der Waals surface area contributed by atoms with Crippen LogP contribution >= 0.6 is 35.6 Å². The van der Waals surface area contributed by atoms with Gasteiger partial charge in [0.2, 0.25) is 0 Å². The minimum absolute atomic E-state index is 0.159. The topological polar surface area (TPSA) is 38.8 Å². The highest BCUT2D eigenvalue weighted by atomic mass is 35.5. The number of benzene rings is 3. The minimum atomic E-state index is -0.159. The van der Waals surface area contributed by atoms with Crippen LogP contribution in [0.3, 0.4) is 0 Å². The summed E-state index contributed by atoms with van der Waals surface area (Å²) in [5.74, 6) is 0.796. The number of anilines is 1. The van der Waals surface area contributed by atoms with E-state index in [0.29, 0.717) is 32.4 Å². The van der Waals surface area contributed by atoms with Crippen LogP contribution in [0.1, 0.15) is 22.3 Å². The van der Waals surface area contributed by atoms with Crippen LogP contribution in [0.15, 0.2) is 65.6 Å². The summed E-state index contributed by atoms with van der Waals surface area (Å²) >= 11 is 13.3. The molecular weight excluding hydrogens is 474 g/mol. The molecule has 168 valence electrons. The molecule has 4 rings (SSSR count). The van der Waals surface area contributed by atoms with Gasteiger partial charge in [-0.3, -0.25) is 9.69 Å². The number of halogens is 1. The van der Waals surface area contributed by atoms with Crippen molar-refractivity contribution in [2.75, 3.05) is 12.0 Å². The summed E-state index contributed by atoms with van der Waals surface area (Å²) in [6.07, 6.45) is 1.77. The largest absolute Gasteiger partial charge is 0.493 e. The lowest BCUT2D eigenvalue weighted by Gasteiger charge is -2.16. The number of hydrogen-bond acceptors (Lipinski definition) is 5. The third-order valence-electron chi connectivity index (χ3n) is 5.32. The molecule has 1 fully saturated rings. The predicted molar refractivity (Wildman–Crippen MR) is 140 cm³/mol. The summed E-state index contributed by atoms with van der Waals surface area (Å²) in [6, 6.07) is 19.3. The Kier molecular flexibility index (Phi) is 7.08. The van der Waals surface area contributed by atoms with Crippen LogP contribution in [0.4, 0.5) is 5.69 Å². The van der Waals surface area contributed by atoms with Crippen molar-refractivity contribution < 1.29 is 14.3 Å². The van der Waals surface area contributed by atoms with E-state index in [4.69, 9.17) is 33.3 Å². The lowest BCUT2D eigenvalue weighted by Crippen LogP contribution is -2.27. The van der Waals surface area contributed by atoms with E-state index in [1.54, 1.807) is 30.2 Å². The Morgan fingerprint density at radius 1 is 1.06 bits per heavy atom. The van der Waals surface area contributed by atoms with Crippen molar-refractivity contribution >= 4 is 57.6 Å². The van der Waals surface area contributed by atoms with Gasteiger partial charge < -0.3 is 9.47 Å². The Morgan fingerprint density at radius 2 is 1.82 bits per heavy atom. The molecule has 3 aromatic carbocycles. The number of amides is 1. The van der Waals surface area contributed by atoms with Gasteiger partial charge in [0.15, 0.2) is 15.8 Å². The predicted octanol–water partition coefficient (Wildman–Crippen LogP) is 6.95. The summed E-state index contributed by atoms with van der Waals surface area (Å²) < 4.78 is 11.9. The van der Waals surface area contributed by atoms with Crippen LogP contribution in [-0.4, -0.2) is 17.3 Å². The van der Waals surface area contributed by atoms with E-state index in [1.807, 2.05) is 62.4 Å². The van der Waals surface area contributed by atoms with Gasteiger partial charge in [0.05, 0.1) is 22.7 Å². The molecule has 0 unspecified atom stereocenters. The van der Waals surface area contributed by atoms with E-state index in [1.165, 1.54) is 11.8 Å². The number of thiocarbonyl (C=S) groups is 1. The molecule has 1 aliphatic heterocycles. The van der Waals surface area contributed by atoms with Crippen LogP contribution in [0.5, 0.6) is 11.5 Å². The van der Waals surface area contributed by atoms with Gasteiger partial charge in [-0.25, -0.2) is 0 Å². The number of thioether (sulfide) groups is 1. The molecule has 0 N–H and O–H groups in total. The number of carbonyl (C=O) groups excluding carboxylic acids is 1. The summed E-state index contributed by atoms with van der Waals surface area (Å²) in [4.78, 5) is 15.2. The molecule has 1 aliphatic rings. The Labute approximate surface area is 208 Å². The van der Waals surface area contributed by atoms with Gasteiger partial charge in [-0.1, -0.05) is 72.0 Å². The maximum atomic E-state index is 13.1. The highest BCUT2D eigenvalue weighted by Crippen LogP contribution is 2.40. The Balaban J connectivity index is 1.59. The maximum Gasteiger partial charge on any atom is 0.270 e. The number of ether oxygens (including phenoxy) is 2. The van der Waals surface area contributed by atoms with E-state index < -0.39 is 0 Å². The Hall–Kier alpha value is -2.80. The Bertz CT molecular complexity index is 1260. The van der Waals surface area contributed by atoms with E-state index in [2.05, 4.69) is 0 Å². The van der Waals surface area contributed by atoms with Crippen LogP contribution in [-0.2, 0) is 11.4 Å². The fraction of sp³-hybridized carbons (Fsp3) is 0.154. The zero-order valence-electron chi connectivity index (χ0n) is 18.4. The smallest absolute Gasteiger partial charge is 0.270 e. The van der Waals surface area contributed by atoms with Crippen molar-refractivity contribution in [1.82, 2.24) is 0 Å². The van der Waals surface area contributed by atoms with Gasteiger partial charge in [0.1, 0.15) is 6.61 Å². The van der Waals surface area contributed by atoms with Gasteiger partial charge in [0.25, 0.3) is 5.91 Å². The molecule has 0 aliphatic carbocycles. The van der Waals surface area contributed by atoms with Gasteiger partial charge in [0, 0.05) is 0 Å². The molecule has 0 bridgehead atoms. The molecule has 1 amide bonds. The molecule has 0 aromatic heterocycles. The summed E-state index contributed by atoms with van der Waals surface area (Å²) in [5, 5.41) is 0.404. The van der Waals surface area contributed by atoms with Crippen LogP contribution in [0.2, 0.25) is 5.02 Å². The van der Waals surface area contributed by atoms with Crippen molar-refractivity contribution in [1.29, 1.82) is 0 Å². The maximum absolute atomic E-state index is 13.1. The first kappa shape index (κ1) is 23.4. The molecule has 0 spiro atoms. The second-order valence-electron chi connectivity index (χ2n) is 7.59. The number of methoxy groups -OCH3 is 1. The Morgan fingerprint density at radius 3 is 2.52 bits per heavy atom. The zero-order valence-corrected chi connectivity index (χ0v) is 20.8. The number of rotatable bonds is 6. The fourth-order valence-corrected chi connectivity index (χ4v) is 4.97. The summed E-state index contributed by atoms with van der Waals surface area (Å²) in [7, 11) is 1.56. The molecule has 0 radical (unpaired) electrons. The third kappa shape index (κ3) is 5.08. The molecule has 0 saturated carbocycles. The number of hydrogen-bond donors (Lipinski definition) is 0. The van der Waals surface area contributed by atoms with E-state index in [9.17, 15) is 4.79 Å². The molecule has 1 saturated heterocycles. The minimum Gasteiger partial charge on any atom is -0.493 e.